The van der Waals surface area contributed by atoms with Crippen molar-refractivity contribution in [2.24, 2.45) is 0 Å². The monoisotopic (exact) mass is 271 g/mol. The minimum absolute atomic E-state index is 0.302. The van der Waals surface area contributed by atoms with Crippen molar-refractivity contribution in [1.82, 2.24) is 20.0 Å². The molecule has 2 aromatic heterocycles. The Morgan fingerprint density at radius 2 is 2.25 bits per heavy atom. The van der Waals surface area contributed by atoms with Crippen molar-refractivity contribution in [3.8, 4) is 5.88 Å². The fraction of sp³-hybridized carbons (Fsp3) is 0.385. The predicted molar refractivity (Wildman–Crippen MR) is 69.7 cm³/mol. The molecule has 0 atom stereocenters. The molecule has 0 radical (unpaired) electrons. The fourth-order valence-electron chi connectivity index (χ4n) is 2.21. The summed E-state index contributed by atoms with van der Waals surface area (Å²) in [6, 6.07) is 5.32. The average Bonchev–Trinajstić information content (AvgIpc) is 3.07. The normalized spacial score (nSPS) is 16.6. The van der Waals surface area contributed by atoms with Crippen LogP contribution in [0.4, 0.5) is 5.82 Å². The molecule has 0 aromatic carbocycles. The molecule has 1 saturated carbocycles. The summed E-state index contributed by atoms with van der Waals surface area (Å²) in [6.07, 6.45) is 2.36. The molecular formula is C13H13N5O2. The maximum absolute atomic E-state index is 12.0. The maximum atomic E-state index is 12.0. The first-order valence-corrected chi connectivity index (χ1v) is 6.65. The molecule has 7 nitrogen and oxygen atoms in total. The molecule has 1 aliphatic carbocycles. The van der Waals surface area contributed by atoms with Gasteiger partial charge in [-0.3, -0.25) is 4.79 Å². The van der Waals surface area contributed by atoms with E-state index >= 15 is 0 Å². The summed E-state index contributed by atoms with van der Waals surface area (Å²) in [6.45, 7) is 1.29. The quantitative estimate of drug-likeness (QED) is 0.907. The van der Waals surface area contributed by atoms with Crippen molar-refractivity contribution < 1.29 is 9.53 Å². The van der Waals surface area contributed by atoms with Crippen LogP contribution < -0.4 is 10.1 Å². The second-order valence-electron chi connectivity index (χ2n) is 5.01. The summed E-state index contributed by atoms with van der Waals surface area (Å²) >= 11 is 0. The molecule has 1 amide bonds. The van der Waals surface area contributed by atoms with Crippen molar-refractivity contribution in [2.75, 3.05) is 11.9 Å². The standard InChI is InChI=1S/C13H13N5O2/c19-13(10-7-12-18(17-10)5-6-20-12)14-11-4-3-9(15-16-11)8-1-2-8/h3-4,7-8H,1-2,5-6H2,(H,14,16,19). The number of nitrogens with one attached hydrogen (secondary N) is 1. The van der Waals surface area contributed by atoms with Crippen molar-refractivity contribution in [3.05, 3.63) is 29.6 Å². The molecule has 0 spiro atoms. The minimum Gasteiger partial charge on any atom is -0.476 e. The lowest BCUT2D eigenvalue weighted by Crippen LogP contribution is -2.15. The summed E-state index contributed by atoms with van der Waals surface area (Å²) in [5.74, 6) is 1.32. The molecule has 2 aromatic rings. The zero-order chi connectivity index (χ0) is 13.5. The van der Waals surface area contributed by atoms with Crippen LogP contribution in [0.1, 0.15) is 34.9 Å². The Kier molecular flexibility index (Phi) is 2.45. The van der Waals surface area contributed by atoms with E-state index in [0.717, 1.165) is 5.69 Å². The van der Waals surface area contributed by atoms with Gasteiger partial charge in [0, 0.05) is 12.0 Å². The Bertz CT molecular complexity index is 638. The van der Waals surface area contributed by atoms with Crippen LogP contribution in [0.15, 0.2) is 18.2 Å². The van der Waals surface area contributed by atoms with E-state index in [1.54, 1.807) is 16.8 Å². The second-order valence-corrected chi connectivity index (χ2v) is 5.01. The topological polar surface area (TPSA) is 81.9 Å². The van der Waals surface area contributed by atoms with E-state index in [2.05, 4.69) is 20.6 Å². The van der Waals surface area contributed by atoms with E-state index in [-0.39, 0.29) is 5.91 Å². The van der Waals surface area contributed by atoms with Gasteiger partial charge >= 0.3 is 0 Å². The van der Waals surface area contributed by atoms with E-state index in [0.29, 0.717) is 36.5 Å². The van der Waals surface area contributed by atoms with Crippen LogP contribution in [0.25, 0.3) is 0 Å². The third-order valence-corrected chi connectivity index (χ3v) is 3.45. The largest absolute Gasteiger partial charge is 0.476 e. The number of fused-ring (bicyclic) bond motifs is 1. The molecule has 2 aliphatic rings. The first-order valence-electron chi connectivity index (χ1n) is 6.65. The van der Waals surface area contributed by atoms with Crippen molar-refractivity contribution in [1.29, 1.82) is 0 Å². The number of nitrogens with zero attached hydrogens (tertiary/aromatic N) is 4. The van der Waals surface area contributed by atoms with Crippen molar-refractivity contribution >= 4 is 11.7 Å². The minimum atomic E-state index is -0.302. The summed E-state index contributed by atoms with van der Waals surface area (Å²) in [7, 11) is 0. The Morgan fingerprint density at radius 1 is 1.35 bits per heavy atom. The predicted octanol–water partition coefficient (Wildman–Crippen LogP) is 1.20. The molecule has 0 unspecified atom stereocenters. The van der Waals surface area contributed by atoms with Gasteiger partial charge in [-0.15, -0.1) is 5.10 Å². The van der Waals surface area contributed by atoms with Gasteiger partial charge in [-0.2, -0.15) is 10.2 Å². The number of hydrogen-bond acceptors (Lipinski definition) is 5. The first-order chi connectivity index (χ1) is 9.79. The van der Waals surface area contributed by atoms with Gasteiger partial charge in [-0.1, -0.05) is 0 Å². The van der Waals surface area contributed by atoms with Crippen LogP contribution >= 0.6 is 0 Å². The molecule has 7 heteroatoms. The van der Waals surface area contributed by atoms with E-state index in [4.69, 9.17) is 4.74 Å². The molecule has 4 rings (SSSR count). The molecule has 1 aliphatic heterocycles. The van der Waals surface area contributed by atoms with E-state index in [1.807, 2.05) is 6.07 Å². The summed E-state index contributed by atoms with van der Waals surface area (Å²) < 4.78 is 7.00. The van der Waals surface area contributed by atoms with Gasteiger partial charge < -0.3 is 10.1 Å². The zero-order valence-corrected chi connectivity index (χ0v) is 10.7. The number of carbonyl (C=O) groups excluding carboxylic acids is 1. The third-order valence-electron chi connectivity index (χ3n) is 3.45. The number of hydrogen-bond donors (Lipinski definition) is 1. The molecule has 0 saturated heterocycles. The van der Waals surface area contributed by atoms with Gasteiger partial charge in [-0.05, 0) is 25.0 Å². The van der Waals surface area contributed by atoms with Crippen molar-refractivity contribution in [3.63, 3.8) is 0 Å². The smallest absolute Gasteiger partial charge is 0.277 e. The molecular weight excluding hydrogens is 258 g/mol. The Hall–Kier alpha value is -2.44. The molecule has 1 fully saturated rings. The zero-order valence-electron chi connectivity index (χ0n) is 10.7. The number of ether oxygens (including phenoxy) is 1. The van der Waals surface area contributed by atoms with Crippen LogP contribution in [0, 0.1) is 0 Å². The van der Waals surface area contributed by atoms with E-state index in [9.17, 15) is 4.79 Å². The summed E-state index contributed by atoms with van der Waals surface area (Å²) in [5, 5.41) is 15.0. The van der Waals surface area contributed by atoms with Crippen molar-refractivity contribution in [2.45, 2.75) is 25.3 Å². The van der Waals surface area contributed by atoms with Crippen LogP contribution in [-0.2, 0) is 6.54 Å². The molecule has 3 heterocycles. The van der Waals surface area contributed by atoms with Gasteiger partial charge in [0.15, 0.2) is 11.5 Å². The van der Waals surface area contributed by atoms with Gasteiger partial charge in [0.1, 0.15) is 6.61 Å². The molecule has 20 heavy (non-hydrogen) atoms. The first kappa shape index (κ1) is 11.4. The number of carbonyl (C=O) groups is 1. The maximum Gasteiger partial charge on any atom is 0.277 e. The molecule has 102 valence electrons. The van der Waals surface area contributed by atoms with E-state index < -0.39 is 0 Å². The third kappa shape index (κ3) is 2.01. The highest BCUT2D eigenvalue weighted by Crippen LogP contribution is 2.38. The number of anilines is 1. The lowest BCUT2D eigenvalue weighted by Gasteiger charge is -2.02. The van der Waals surface area contributed by atoms with Gasteiger partial charge in [0.05, 0.1) is 12.2 Å². The van der Waals surface area contributed by atoms with Gasteiger partial charge in [0.2, 0.25) is 5.88 Å². The van der Waals surface area contributed by atoms with Crippen LogP contribution in [0.5, 0.6) is 5.88 Å². The second kappa shape index (κ2) is 4.29. The number of aromatic nitrogens is 4. The highest BCUT2D eigenvalue weighted by Gasteiger charge is 2.25. The fourth-order valence-corrected chi connectivity index (χ4v) is 2.21. The summed E-state index contributed by atoms with van der Waals surface area (Å²) in [4.78, 5) is 12.0. The summed E-state index contributed by atoms with van der Waals surface area (Å²) in [5.41, 5.74) is 1.32. The average molecular weight is 271 g/mol. The van der Waals surface area contributed by atoms with Crippen LogP contribution in [-0.4, -0.2) is 32.5 Å². The van der Waals surface area contributed by atoms with Gasteiger partial charge in [-0.25, -0.2) is 4.68 Å². The SMILES string of the molecule is O=C(Nc1ccc(C2CC2)nn1)c1cc2n(n1)CCO2. The Labute approximate surface area is 115 Å². The lowest BCUT2D eigenvalue weighted by molar-refractivity contribution is 0.102. The van der Waals surface area contributed by atoms with Crippen LogP contribution in [0.2, 0.25) is 0 Å². The lowest BCUT2D eigenvalue weighted by atomic mass is 10.3. The number of rotatable bonds is 3. The van der Waals surface area contributed by atoms with Crippen LogP contribution in [0.3, 0.4) is 0 Å². The Morgan fingerprint density at radius 3 is 2.95 bits per heavy atom. The highest BCUT2D eigenvalue weighted by molar-refractivity contribution is 6.02. The molecule has 0 bridgehead atoms. The van der Waals surface area contributed by atoms with E-state index in [1.165, 1.54) is 12.8 Å². The molecule has 1 N–H and O–H groups in total. The highest BCUT2D eigenvalue weighted by atomic mass is 16.5. The number of amides is 1. The Balaban J connectivity index is 1.48. The van der Waals surface area contributed by atoms with Gasteiger partial charge in [0.25, 0.3) is 5.91 Å².